The van der Waals surface area contributed by atoms with Crippen LogP contribution in [0.2, 0.25) is 0 Å². The number of methoxy groups -OCH3 is 1. The monoisotopic (exact) mass is 259 g/mol. The minimum atomic E-state index is -0.841. The maximum atomic E-state index is 13.5. The van der Waals surface area contributed by atoms with E-state index in [-0.39, 0.29) is 0 Å². The van der Waals surface area contributed by atoms with Crippen molar-refractivity contribution in [2.45, 2.75) is 13.5 Å². The second-order valence-electron chi connectivity index (χ2n) is 3.53. The van der Waals surface area contributed by atoms with Crippen molar-refractivity contribution in [3.63, 3.8) is 0 Å². The zero-order valence-corrected chi connectivity index (χ0v) is 10.3. The van der Waals surface area contributed by atoms with Crippen molar-refractivity contribution >= 4 is 5.97 Å². The van der Waals surface area contributed by atoms with E-state index >= 15 is 0 Å². The summed E-state index contributed by atoms with van der Waals surface area (Å²) in [5.74, 6) is -2.95. The fourth-order valence-electron chi connectivity index (χ4n) is 1.31. The highest BCUT2D eigenvalue weighted by atomic mass is 19.1. The Bertz CT molecular complexity index is 401. The van der Waals surface area contributed by atoms with Crippen LogP contribution in [0, 0.1) is 11.6 Å². The van der Waals surface area contributed by atoms with E-state index in [9.17, 15) is 13.6 Å². The number of halogens is 2. The number of esters is 1. The maximum absolute atomic E-state index is 13.5. The second-order valence-corrected chi connectivity index (χ2v) is 3.53. The number of rotatable bonds is 6. The van der Waals surface area contributed by atoms with Gasteiger partial charge in [0, 0.05) is 6.54 Å². The molecule has 0 aliphatic rings. The highest BCUT2D eigenvalue weighted by Gasteiger charge is 2.14. The summed E-state index contributed by atoms with van der Waals surface area (Å²) >= 11 is 0. The molecule has 0 unspecified atom stereocenters. The average Bonchev–Trinajstić information content (AvgIpc) is 2.34. The number of hydrogen-bond acceptors (Lipinski definition) is 4. The molecule has 1 rings (SSSR count). The molecule has 1 aromatic carbocycles. The van der Waals surface area contributed by atoms with Crippen LogP contribution >= 0.6 is 0 Å². The molecule has 1 N–H and O–H groups in total. The van der Waals surface area contributed by atoms with E-state index < -0.39 is 30.0 Å². The number of hydrogen-bond donors (Lipinski definition) is 1. The van der Waals surface area contributed by atoms with Gasteiger partial charge in [0.25, 0.3) is 0 Å². The molecule has 0 aliphatic carbocycles. The van der Waals surface area contributed by atoms with Crippen molar-refractivity contribution in [3.8, 4) is 5.75 Å². The van der Waals surface area contributed by atoms with Gasteiger partial charge in [0.05, 0.1) is 7.11 Å². The first kappa shape index (κ1) is 14.4. The number of nitrogens with one attached hydrogen (secondary N) is 1. The van der Waals surface area contributed by atoms with Crippen LogP contribution < -0.4 is 10.1 Å². The molecular weight excluding hydrogens is 244 g/mol. The molecular formula is C12H15F2NO3. The number of ether oxygens (including phenoxy) is 2. The molecule has 0 spiro atoms. The molecule has 0 amide bonds. The van der Waals surface area contributed by atoms with Crippen LogP contribution in [0.3, 0.4) is 0 Å². The van der Waals surface area contributed by atoms with Gasteiger partial charge in [-0.1, -0.05) is 6.92 Å². The van der Waals surface area contributed by atoms with Crippen LogP contribution in [0.5, 0.6) is 5.75 Å². The standard InChI is InChI=1S/C12H15F2NO3/c1-3-15-6-8-4-9(13)12(10(14)5-8)18-7-11(16)17-2/h4-5,15H,3,6-7H2,1-2H3. The first-order chi connectivity index (χ1) is 8.58. The zero-order chi connectivity index (χ0) is 13.5. The lowest BCUT2D eigenvalue weighted by atomic mass is 10.2. The summed E-state index contributed by atoms with van der Waals surface area (Å²) in [4.78, 5) is 10.8. The highest BCUT2D eigenvalue weighted by Crippen LogP contribution is 2.23. The molecule has 0 radical (unpaired) electrons. The van der Waals surface area contributed by atoms with Crippen molar-refractivity contribution in [3.05, 3.63) is 29.3 Å². The number of carbonyl (C=O) groups excluding carboxylic acids is 1. The normalized spacial score (nSPS) is 10.2. The largest absolute Gasteiger partial charge is 0.476 e. The third-order valence-electron chi connectivity index (χ3n) is 2.20. The zero-order valence-electron chi connectivity index (χ0n) is 10.3. The summed E-state index contributed by atoms with van der Waals surface area (Å²) in [6, 6.07) is 2.33. The summed E-state index contributed by atoms with van der Waals surface area (Å²) in [5.41, 5.74) is 0.470. The van der Waals surface area contributed by atoms with Gasteiger partial charge in [0.15, 0.2) is 24.0 Å². The van der Waals surface area contributed by atoms with Gasteiger partial charge in [-0.25, -0.2) is 13.6 Å². The first-order valence-electron chi connectivity index (χ1n) is 5.46. The molecule has 0 aliphatic heterocycles. The van der Waals surface area contributed by atoms with E-state index in [0.29, 0.717) is 18.7 Å². The molecule has 0 fully saturated rings. The van der Waals surface area contributed by atoms with Crippen LogP contribution in [0.4, 0.5) is 8.78 Å². The maximum Gasteiger partial charge on any atom is 0.343 e. The Morgan fingerprint density at radius 3 is 2.44 bits per heavy atom. The smallest absolute Gasteiger partial charge is 0.343 e. The van der Waals surface area contributed by atoms with Gasteiger partial charge in [-0.3, -0.25) is 0 Å². The molecule has 0 bridgehead atoms. The number of benzene rings is 1. The molecule has 6 heteroatoms. The Labute approximate surface area is 104 Å². The Balaban J connectivity index is 2.77. The molecule has 0 saturated heterocycles. The summed E-state index contributed by atoms with van der Waals surface area (Å²) in [6.45, 7) is 2.42. The van der Waals surface area contributed by atoms with Crippen molar-refractivity contribution < 1.29 is 23.0 Å². The lowest BCUT2D eigenvalue weighted by Gasteiger charge is -2.09. The quantitative estimate of drug-likeness (QED) is 0.789. The first-order valence-corrected chi connectivity index (χ1v) is 5.46. The third-order valence-corrected chi connectivity index (χ3v) is 2.20. The van der Waals surface area contributed by atoms with Gasteiger partial charge in [-0.05, 0) is 24.2 Å². The van der Waals surface area contributed by atoms with E-state index in [1.165, 1.54) is 12.1 Å². The van der Waals surface area contributed by atoms with Gasteiger partial charge in [0.1, 0.15) is 0 Å². The van der Waals surface area contributed by atoms with Gasteiger partial charge in [-0.2, -0.15) is 0 Å². The highest BCUT2D eigenvalue weighted by molar-refractivity contribution is 5.70. The lowest BCUT2D eigenvalue weighted by molar-refractivity contribution is -0.143. The minimum Gasteiger partial charge on any atom is -0.476 e. The van der Waals surface area contributed by atoms with Gasteiger partial charge >= 0.3 is 5.97 Å². The summed E-state index contributed by atoms with van der Waals surface area (Å²) < 4.78 is 36.1. The molecule has 0 saturated carbocycles. The molecule has 100 valence electrons. The lowest BCUT2D eigenvalue weighted by Crippen LogP contribution is -2.15. The van der Waals surface area contributed by atoms with Gasteiger partial charge in [-0.15, -0.1) is 0 Å². The van der Waals surface area contributed by atoms with E-state index in [2.05, 4.69) is 10.1 Å². The average molecular weight is 259 g/mol. The van der Waals surface area contributed by atoms with E-state index in [1.807, 2.05) is 6.92 Å². The number of carbonyl (C=O) groups is 1. The van der Waals surface area contributed by atoms with Crippen LogP contribution in [0.1, 0.15) is 12.5 Å². The SMILES string of the molecule is CCNCc1cc(F)c(OCC(=O)OC)c(F)c1. The fraction of sp³-hybridized carbons (Fsp3) is 0.417. The fourth-order valence-corrected chi connectivity index (χ4v) is 1.31. The second kappa shape index (κ2) is 6.90. The van der Waals surface area contributed by atoms with E-state index in [1.54, 1.807) is 0 Å². The van der Waals surface area contributed by atoms with Crippen LogP contribution in [0.15, 0.2) is 12.1 Å². The Hall–Kier alpha value is -1.69. The predicted molar refractivity (Wildman–Crippen MR) is 61.2 cm³/mol. The molecule has 18 heavy (non-hydrogen) atoms. The van der Waals surface area contributed by atoms with Gasteiger partial charge in [0.2, 0.25) is 0 Å². The molecule has 4 nitrogen and oxygen atoms in total. The summed E-state index contributed by atoms with van der Waals surface area (Å²) in [6.07, 6.45) is 0. The van der Waals surface area contributed by atoms with Crippen molar-refractivity contribution in [1.29, 1.82) is 0 Å². The minimum absolute atomic E-state index is 0.363. The predicted octanol–water partition coefficient (Wildman–Crippen LogP) is 1.63. The Morgan fingerprint density at radius 2 is 1.94 bits per heavy atom. The van der Waals surface area contributed by atoms with Crippen LogP contribution in [0.25, 0.3) is 0 Å². The third kappa shape index (κ3) is 3.96. The van der Waals surface area contributed by atoms with E-state index in [0.717, 1.165) is 7.11 Å². The topological polar surface area (TPSA) is 47.6 Å². The summed E-state index contributed by atoms with van der Waals surface area (Å²) in [5, 5.41) is 2.95. The van der Waals surface area contributed by atoms with Crippen molar-refractivity contribution in [2.75, 3.05) is 20.3 Å². The van der Waals surface area contributed by atoms with Gasteiger partial charge < -0.3 is 14.8 Å². The van der Waals surface area contributed by atoms with E-state index in [4.69, 9.17) is 4.74 Å². The van der Waals surface area contributed by atoms with Crippen molar-refractivity contribution in [1.82, 2.24) is 5.32 Å². The van der Waals surface area contributed by atoms with Crippen molar-refractivity contribution in [2.24, 2.45) is 0 Å². The Kier molecular flexibility index (Phi) is 5.51. The molecule has 0 atom stereocenters. The summed E-state index contributed by atoms with van der Waals surface area (Å²) in [7, 11) is 1.16. The van der Waals surface area contributed by atoms with Crippen LogP contribution in [-0.4, -0.2) is 26.2 Å². The Morgan fingerprint density at radius 1 is 1.33 bits per heavy atom. The molecule has 0 heterocycles. The van der Waals surface area contributed by atoms with Crippen LogP contribution in [-0.2, 0) is 16.1 Å². The molecule has 0 aromatic heterocycles. The molecule has 1 aromatic rings.